The van der Waals surface area contributed by atoms with Gasteiger partial charge in [0.2, 0.25) is 0 Å². The number of carbonyl (C=O) groups excluding carboxylic acids is 1. The quantitative estimate of drug-likeness (QED) is 0.578. The number of hydrogen-bond acceptors (Lipinski definition) is 4. The number of aromatic hydroxyl groups is 2. The fraction of sp³-hybridized carbons (Fsp3) is 0.400. The van der Waals surface area contributed by atoms with Gasteiger partial charge in [-0.2, -0.15) is 0 Å². The van der Waals surface area contributed by atoms with Crippen molar-refractivity contribution in [2.45, 2.75) is 45.1 Å². The summed E-state index contributed by atoms with van der Waals surface area (Å²) in [5, 5.41) is 23.7. The van der Waals surface area contributed by atoms with Crippen LogP contribution in [0.3, 0.4) is 0 Å². The van der Waals surface area contributed by atoms with Crippen molar-refractivity contribution in [3.63, 3.8) is 0 Å². The van der Waals surface area contributed by atoms with E-state index in [-0.39, 0.29) is 35.3 Å². The van der Waals surface area contributed by atoms with Gasteiger partial charge in [-0.3, -0.25) is 4.79 Å². The number of carbonyl (C=O) groups is 1. The highest BCUT2D eigenvalue weighted by molar-refractivity contribution is 5.95. The molecule has 5 nitrogen and oxygen atoms in total. The zero-order valence-corrected chi connectivity index (χ0v) is 17.6. The topological polar surface area (TPSA) is 72.8 Å². The van der Waals surface area contributed by atoms with Crippen molar-refractivity contribution in [2.75, 3.05) is 18.4 Å². The third-order valence-electron chi connectivity index (χ3n) is 6.23. The van der Waals surface area contributed by atoms with Gasteiger partial charge in [0.25, 0.3) is 5.91 Å². The molecular formula is C25H30N2O3. The number of phenolic OH excluding ortho intramolecular Hbond substituents is 2. The van der Waals surface area contributed by atoms with Crippen molar-refractivity contribution in [3.05, 3.63) is 65.2 Å². The minimum Gasteiger partial charge on any atom is -0.508 e. The number of rotatable bonds is 6. The fourth-order valence-corrected chi connectivity index (χ4v) is 4.87. The number of phenols is 2. The summed E-state index contributed by atoms with van der Waals surface area (Å²) in [6, 6.07) is 10.7. The van der Waals surface area contributed by atoms with E-state index in [1.807, 2.05) is 23.1 Å². The second kappa shape index (κ2) is 8.42. The van der Waals surface area contributed by atoms with Crippen molar-refractivity contribution in [1.29, 1.82) is 0 Å². The first kappa shape index (κ1) is 20.3. The van der Waals surface area contributed by atoms with Crippen LogP contribution in [0.1, 0.15) is 66.6 Å². The maximum atomic E-state index is 13.1. The highest BCUT2D eigenvalue weighted by atomic mass is 16.3. The predicted octanol–water partition coefficient (Wildman–Crippen LogP) is 5.19. The van der Waals surface area contributed by atoms with Crippen LogP contribution >= 0.6 is 0 Å². The van der Waals surface area contributed by atoms with E-state index >= 15 is 0 Å². The smallest absolute Gasteiger partial charge is 0.253 e. The van der Waals surface area contributed by atoms with Crippen LogP contribution in [0, 0.1) is 5.92 Å². The van der Waals surface area contributed by atoms with Gasteiger partial charge in [0.15, 0.2) is 0 Å². The Balaban J connectivity index is 1.67. The van der Waals surface area contributed by atoms with E-state index in [2.05, 4.69) is 31.3 Å². The minimum atomic E-state index is -0.0590. The molecule has 0 saturated carbocycles. The minimum absolute atomic E-state index is 0.0559. The maximum absolute atomic E-state index is 13.1. The number of amides is 1. The molecule has 1 heterocycles. The standard InChI is InChI=1S/C25H30N2O3/c1-3-12-27(13-4-2)25(30)16-8-11-22-21(14-16)18-6-5-7-19(18)24(26-22)20-10-9-17(28)15-23(20)29/h5-6,8-11,14-15,18-19,24,26,28-29H,3-4,7,12-13H2,1-2H3. The maximum Gasteiger partial charge on any atom is 0.253 e. The van der Waals surface area contributed by atoms with E-state index in [1.54, 1.807) is 12.1 Å². The van der Waals surface area contributed by atoms with E-state index in [0.717, 1.165) is 54.7 Å². The molecule has 2 aliphatic rings. The monoisotopic (exact) mass is 406 g/mol. The highest BCUT2D eigenvalue weighted by Gasteiger charge is 2.39. The van der Waals surface area contributed by atoms with Crippen molar-refractivity contribution < 1.29 is 15.0 Å². The Bertz CT molecular complexity index is 963. The molecular weight excluding hydrogens is 376 g/mol. The molecule has 0 spiro atoms. The van der Waals surface area contributed by atoms with Gasteiger partial charge in [-0.15, -0.1) is 0 Å². The molecule has 0 fully saturated rings. The molecule has 0 saturated heterocycles. The van der Waals surface area contributed by atoms with E-state index in [9.17, 15) is 15.0 Å². The fourth-order valence-electron chi connectivity index (χ4n) is 4.87. The molecule has 3 N–H and O–H groups in total. The third-order valence-corrected chi connectivity index (χ3v) is 6.23. The Morgan fingerprint density at radius 2 is 1.83 bits per heavy atom. The van der Waals surface area contributed by atoms with Crippen LogP contribution < -0.4 is 5.32 Å². The van der Waals surface area contributed by atoms with Gasteiger partial charge < -0.3 is 20.4 Å². The summed E-state index contributed by atoms with van der Waals surface area (Å²) in [7, 11) is 0. The van der Waals surface area contributed by atoms with Gasteiger partial charge in [-0.1, -0.05) is 26.0 Å². The predicted molar refractivity (Wildman–Crippen MR) is 119 cm³/mol. The van der Waals surface area contributed by atoms with Crippen molar-refractivity contribution in [2.24, 2.45) is 5.92 Å². The molecule has 0 aromatic heterocycles. The summed E-state index contributed by atoms with van der Waals surface area (Å²) in [4.78, 5) is 15.0. The van der Waals surface area contributed by atoms with Crippen LogP contribution in [0.25, 0.3) is 0 Å². The van der Waals surface area contributed by atoms with E-state index in [0.29, 0.717) is 0 Å². The Hall–Kier alpha value is -2.95. The molecule has 1 aliphatic heterocycles. The molecule has 1 aliphatic carbocycles. The summed E-state index contributed by atoms with van der Waals surface area (Å²) >= 11 is 0. The zero-order valence-electron chi connectivity index (χ0n) is 17.6. The van der Waals surface area contributed by atoms with Crippen LogP contribution in [-0.2, 0) is 0 Å². The van der Waals surface area contributed by atoms with E-state index in [1.165, 1.54) is 6.07 Å². The SMILES string of the molecule is CCCN(CCC)C(=O)c1ccc2c(c1)C1C=CCC1C(c1ccc(O)cc1O)N2. The lowest BCUT2D eigenvalue weighted by atomic mass is 9.76. The number of fused-ring (bicyclic) bond motifs is 3. The molecule has 3 atom stereocenters. The van der Waals surface area contributed by atoms with E-state index in [4.69, 9.17) is 0 Å². The molecule has 4 rings (SSSR count). The number of allylic oxidation sites excluding steroid dienone is 2. The molecule has 5 heteroatoms. The molecule has 3 unspecified atom stereocenters. The van der Waals surface area contributed by atoms with Gasteiger partial charge >= 0.3 is 0 Å². The van der Waals surface area contributed by atoms with Crippen molar-refractivity contribution >= 4 is 11.6 Å². The second-order valence-corrected chi connectivity index (χ2v) is 8.31. The third kappa shape index (κ3) is 3.64. The van der Waals surface area contributed by atoms with Gasteiger partial charge in [-0.25, -0.2) is 0 Å². The zero-order chi connectivity index (χ0) is 21.3. The van der Waals surface area contributed by atoms with Crippen molar-refractivity contribution in [3.8, 4) is 11.5 Å². The largest absolute Gasteiger partial charge is 0.508 e. The summed E-state index contributed by atoms with van der Waals surface area (Å²) in [5.74, 6) is 0.695. The molecule has 30 heavy (non-hydrogen) atoms. The van der Waals surface area contributed by atoms with Gasteiger partial charge in [0, 0.05) is 41.9 Å². The van der Waals surface area contributed by atoms with Crippen LogP contribution in [-0.4, -0.2) is 34.1 Å². The Kier molecular flexibility index (Phi) is 5.71. The molecule has 1 amide bonds. The van der Waals surface area contributed by atoms with Crippen LogP contribution in [0.2, 0.25) is 0 Å². The number of hydrogen-bond donors (Lipinski definition) is 3. The lowest BCUT2D eigenvalue weighted by Gasteiger charge is -2.38. The number of nitrogens with one attached hydrogen (secondary N) is 1. The molecule has 158 valence electrons. The summed E-state index contributed by atoms with van der Waals surface area (Å²) in [6.07, 6.45) is 7.20. The number of benzene rings is 2. The van der Waals surface area contributed by atoms with E-state index < -0.39 is 0 Å². The average Bonchev–Trinajstić information content (AvgIpc) is 3.23. The van der Waals surface area contributed by atoms with Gasteiger partial charge in [0.1, 0.15) is 11.5 Å². The molecule has 2 aromatic carbocycles. The highest BCUT2D eigenvalue weighted by Crippen LogP contribution is 2.51. The average molecular weight is 407 g/mol. The Labute approximate surface area is 178 Å². The summed E-state index contributed by atoms with van der Waals surface area (Å²) in [5.41, 5.74) is 3.66. The van der Waals surface area contributed by atoms with Crippen LogP contribution in [0.4, 0.5) is 5.69 Å². The first-order valence-corrected chi connectivity index (χ1v) is 10.9. The number of anilines is 1. The summed E-state index contributed by atoms with van der Waals surface area (Å²) < 4.78 is 0. The van der Waals surface area contributed by atoms with Crippen molar-refractivity contribution in [1.82, 2.24) is 4.90 Å². The molecule has 0 bridgehead atoms. The lowest BCUT2D eigenvalue weighted by molar-refractivity contribution is 0.0755. The van der Waals surface area contributed by atoms with Gasteiger partial charge in [0.05, 0.1) is 6.04 Å². The first-order chi connectivity index (χ1) is 14.5. The molecule has 2 aromatic rings. The Morgan fingerprint density at radius 1 is 1.07 bits per heavy atom. The van der Waals surface area contributed by atoms with Gasteiger partial charge in [-0.05, 0) is 61.1 Å². The summed E-state index contributed by atoms with van der Waals surface area (Å²) in [6.45, 7) is 5.74. The lowest BCUT2D eigenvalue weighted by Crippen LogP contribution is -2.33. The van der Waals surface area contributed by atoms with Crippen LogP contribution in [0.15, 0.2) is 48.6 Å². The second-order valence-electron chi connectivity index (χ2n) is 8.31. The molecule has 0 radical (unpaired) electrons. The number of nitrogens with zero attached hydrogens (tertiary/aromatic N) is 1. The first-order valence-electron chi connectivity index (χ1n) is 10.9. The van der Waals surface area contributed by atoms with Crippen LogP contribution in [0.5, 0.6) is 11.5 Å². The normalized spacial score (nSPS) is 21.6. The Morgan fingerprint density at radius 3 is 2.53 bits per heavy atom.